The van der Waals surface area contributed by atoms with Gasteiger partial charge in [0.1, 0.15) is 0 Å². The van der Waals surface area contributed by atoms with Crippen molar-refractivity contribution in [3.63, 3.8) is 0 Å². The normalized spacial score (nSPS) is 10.5. The lowest BCUT2D eigenvalue weighted by atomic mass is 10.3. The molecule has 62 valence electrons. The van der Waals surface area contributed by atoms with Crippen molar-refractivity contribution in [3.05, 3.63) is 16.9 Å². The van der Waals surface area contributed by atoms with Gasteiger partial charge in [0.2, 0.25) is 0 Å². The Labute approximate surface area is 72.2 Å². The number of hydrogen-bond donors (Lipinski definition) is 0. The summed E-state index contributed by atoms with van der Waals surface area (Å²) in [5, 5.41) is 5.00. The molecule has 0 bridgehead atoms. The van der Waals surface area contributed by atoms with Crippen LogP contribution in [0.5, 0.6) is 0 Å². The second kappa shape index (κ2) is 3.77. The molecule has 0 spiro atoms. The van der Waals surface area contributed by atoms with E-state index >= 15 is 0 Å². The number of halogens is 1. The molecule has 0 atom stereocenters. The molecule has 0 radical (unpaired) electrons. The maximum atomic E-state index is 5.82. The van der Waals surface area contributed by atoms with Gasteiger partial charge in [-0.15, -0.1) is 0 Å². The van der Waals surface area contributed by atoms with Gasteiger partial charge in [-0.25, -0.2) is 0 Å². The Balaban J connectivity index is 2.58. The highest BCUT2D eigenvalue weighted by atomic mass is 35.5. The van der Waals surface area contributed by atoms with E-state index in [0.29, 0.717) is 0 Å². The van der Waals surface area contributed by atoms with Gasteiger partial charge in [0.15, 0.2) is 0 Å². The topological polar surface area (TPSA) is 17.8 Å². The van der Waals surface area contributed by atoms with Crippen LogP contribution in [-0.2, 0) is 6.54 Å². The Kier molecular flexibility index (Phi) is 2.94. The Morgan fingerprint density at radius 2 is 2.36 bits per heavy atom. The van der Waals surface area contributed by atoms with Crippen molar-refractivity contribution in [3.8, 4) is 0 Å². The molecule has 0 aliphatic carbocycles. The fourth-order valence-corrected chi connectivity index (χ4v) is 1.08. The van der Waals surface area contributed by atoms with Gasteiger partial charge in [-0.3, -0.25) is 4.68 Å². The van der Waals surface area contributed by atoms with Gasteiger partial charge >= 0.3 is 0 Å². The van der Waals surface area contributed by atoms with E-state index in [1.807, 2.05) is 17.8 Å². The van der Waals surface area contributed by atoms with E-state index in [1.54, 1.807) is 0 Å². The summed E-state index contributed by atoms with van der Waals surface area (Å²) in [5.74, 6) is 0. The lowest BCUT2D eigenvalue weighted by Crippen LogP contribution is -1.97. The molecule has 0 amide bonds. The summed E-state index contributed by atoms with van der Waals surface area (Å²) in [7, 11) is 0. The smallest absolute Gasteiger partial charge is 0.0814 e. The highest BCUT2D eigenvalue weighted by molar-refractivity contribution is 6.31. The summed E-state index contributed by atoms with van der Waals surface area (Å²) in [6.45, 7) is 5.06. The number of aryl methyl sites for hydroxylation is 2. The molecule has 11 heavy (non-hydrogen) atoms. The fraction of sp³-hybridized carbons (Fsp3) is 0.625. The summed E-state index contributed by atoms with van der Waals surface area (Å²) in [6.07, 6.45) is 4.24. The van der Waals surface area contributed by atoms with Crippen LogP contribution in [0, 0.1) is 6.92 Å². The quantitative estimate of drug-likeness (QED) is 0.686. The molecule has 1 aromatic heterocycles. The van der Waals surface area contributed by atoms with E-state index in [4.69, 9.17) is 11.6 Å². The maximum absolute atomic E-state index is 5.82. The van der Waals surface area contributed by atoms with Crippen LogP contribution in [0.15, 0.2) is 6.20 Å². The van der Waals surface area contributed by atoms with Crippen molar-refractivity contribution in [2.45, 2.75) is 33.2 Å². The number of nitrogens with zero attached hydrogens (tertiary/aromatic N) is 2. The van der Waals surface area contributed by atoms with Crippen molar-refractivity contribution in [2.75, 3.05) is 0 Å². The van der Waals surface area contributed by atoms with Crippen molar-refractivity contribution in [1.29, 1.82) is 0 Å². The molecule has 0 unspecified atom stereocenters. The summed E-state index contributed by atoms with van der Waals surface area (Å²) in [4.78, 5) is 0. The molecule has 0 saturated carbocycles. The van der Waals surface area contributed by atoms with Gasteiger partial charge in [-0.2, -0.15) is 5.10 Å². The zero-order chi connectivity index (χ0) is 8.27. The summed E-state index contributed by atoms with van der Waals surface area (Å²) in [6, 6.07) is 0. The first-order chi connectivity index (χ1) is 5.24. The third-order valence-corrected chi connectivity index (χ3v) is 2.00. The predicted molar refractivity (Wildman–Crippen MR) is 46.9 cm³/mol. The van der Waals surface area contributed by atoms with Gasteiger partial charge in [0, 0.05) is 12.7 Å². The van der Waals surface area contributed by atoms with Crippen LogP contribution in [0.25, 0.3) is 0 Å². The predicted octanol–water partition coefficient (Wildman–Crippen LogP) is 2.65. The summed E-state index contributed by atoms with van der Waals surface area (Å²) >= 11 is 5.82. The SMILES string of the molecule is CCCCn1cc(Cl)c(C)n1. The van der Waals surface area contributed by atoms with Crippen LogP contribution in [0.1, 0.15) is 25.5 Å². The lowest BCUT2D eigenvalue weighted by Gasteiger charge is -1.96. The van der Waals surface area contributed by atoms with E-state index in [-0.39, 0.29) is 0 Å². The standard InChI is InChI=1S/C8H13ClN2/c1-3-4-5-11-6-8(9)7(2)10-11/h6H,3-5H2,1-2H3. The molecule has 2 nitrogen and oxygen atoms in total. The third kappa shape index (κ3) is 2.22. The van der Waals surface area contributed by atoms with Crippen LogP contribution in [0.3, 0.4) is 0 Å². The molecule has 0 saturated heterocycles. The van der Waals surface area contributed by atoms with E-state index < -0.39 is 0 Å². The van der Waals surface area contributed by atoms with Gasteiger partial charge < -0.3 is 0 Å². The lowest BCUT2D eigenvalue weighted by molar-refractivity contribution is 0.568. The molecular formula is C8H13ClN2. The van der Waals surface area contributed by atoms with Crippen LogP contribution in [0.2, 0.25) is 5.02 Å². The van der Waals surface area contributed by atoms with Gasteiger partial charge in [-0.05, 0) is 13.3 Å². The van der Waals surface area contributed by atoms with E-state index in [9.17, 15) is 0 Å². The summed E-state index contributed by atoms with van der Waals surface area (Å²) < 4.78 is 1.90. The van der Waals surface area contributed by atoms with Gasteiger partial charge in [0.05, 0.1) is 10.7 Å². The van der Waals surface area contributed by atoms with Crippen LogP contribution < -0.4 is 0 Å². The molecule has 1 heterocycles. The molecule has 0 aromatic carbocycles. The van der Waals surface area contributed by atoms with Crippen LogP contribution in [0.4, 0.5) is 0 Å². The van der Waals surface area contributed by atoms with Crippen molar-refractivity contribution < 1.29 is 0 Å². The zero-order valence-corrected chi connectivity index (χ0v) is 7.73. The van der Waals surface area contributed by atoms with Crippen molar-refractivity contribution in [2.24, 2.45) is 0 Å². The number of rotatable bonds is 3. The fourth-order valence-electron chi connectivity index (χ4n) is 0.928. The number of hydrogen-bond acceptors (Lipinski definition) is 1. The van der Waals surface area contributed by atoms with E-state index in [0.717, 1.165) is 23.7 Å². The monoisotopic (exact) mass is 172 g/mol. The minimum atomic E-state index is 0.765. The Morgan fingerprint density at radius 3 is 2.82 bits per heavy atom. The van der Waals surface area contributed by atoms with Crippen molar-refractivity contribution in [1.82, 2.24) is 9.78 Å². The zero-order valence-electron chi connectivity index (χ0n) is 6.97. The molecule has 0 fully saturated rings. The third-order valence-electron chi connectivity index (χ3n) is 1.63. The number of unbranched alkanes of at least 4 members (excludes halogenated alkanes) is 1. The van der Waals surface area contributed by atoms with Gasteiger partial charge in [0.25, 0.3) is 0 Å². The second-order valence-corrected chi connectivity index (χ2v) is 3.09. The molecule has 1 rings (SSSR count). The average Bonchev–Trinajstić information content (AvgIpc) is 2.28. The summed E-state index contributed by atoms with van der Waals surface area (Å²) in [5.41, 5.74) is 0.919. The first-order valence-corrected chi connectivity index (χ1v) is 4.31. The first kappa shape index (κ1) is 8.60. The Morgan fingerprint density at radius 1 is 1.64 bits per heavy atom. The minimum absolute atomic E-state index is 0.765. The highest BCUT2D eigenvalue weighted by Crippen LogP contribution is 2.12. The van der Waals surface area contributed by atoms with Gasteiger partial charge in [-0.1, -0.05) is 24.9 Å². The Hall–Kier alpha value is -0.500. The maximum Gasteiger partial charge on any atom is 0.0814 e. The van der Waals surface area contributed by atoms with Crippen LogP contribution in [-0.4, -0.2) is 9.78 Å². The molecular weight excluding hydrogens is 160 g/mol. The Bertz CT molecular complexity index is 210. The molecule has 0 aliphatic rings. The molecule has 1 aromatic rings. The second-order valence-electron chi connectivity index (χ2n) is 2.68. The van der Waals surface area contributed by atoms with Crippen molar-refractivity contribution >= 4 is 11.6 Å². The van der Waals surface area contributed by atoms with E-state index in [1.165, 1.54) is 6.42 Å². The largest absolute Gasteiger partial charge is 0.271 e. The molecule has 3 heteroatoms. The number of aromatic nitrogens is 2. The van der Waals surface area contributed by atoms with E-state index in [2.05, 4.69) is 12.0 Å². The highest BCUT2D eigenvalue weighted by Gasteiger charge is 1.99. The molecule has 0 aliphatic heterocycles. The molecule has 0 N–H and O–H groups in total. The minimum Gasteiger partial charge on any atom is -0.271 e. The first-order valence-electron chi connectivity index (χ1n) is 3.93. The average molecular weight is 173 g/mol. The van der Waals surface area contributed by atoms with Crippen LogP contribution >= 0.6 is 11.6 Å².